The van der Waals surface area contributed by atoms with Gasteiger partial charge in [0.1, 0.15) is 5.75 Å². The van der Waals surface area contributed by atoms with Crippen LogP contribution in [0.1, 0.15) is 40.3 Å². The van der Waals surface area contributed by atoms with Gasteiger partial charge in [0.2, 0.25) is 0 Å². The monoisotopic (exact) mass is 349 g/mol. The molecule has 1 amide bonds. The van der Waals surface area contributed by atoms with Crippen LogP contribution in [0.4, 0.5) is 0 Å². The molecule has 0 aliphatic carbocycles. The lowest BCUT2D eigenvalue weighted by atomic mass is 10.1. The van der Waals surface area contributed by atoms with Crippen molar-refractivity contribution in [2.45, 2.75) is 26.8 Å². The SMILES string of the molecule is COc1ccc(C(C)N(C)C(=O)c2ccc3nc(C)c(C)nc3c2)cc1. The van der Waals surface area contributed by atoms with Gasteiger partial charge in [-0.3, -0.25) is 4.79 Å². The van der Waals surface area contributed by atoms with Crippen molar-refractivity contribution in [1.29, 1.82) is 0 Å². The highest BCUT2D eigenvalue weighted by Gasteiger charge is 2.19. The number of benzene rings is 2. The molecule has 0 fully saturated rings. The molecule has 0 saturated carbocycles. The zero-order valence-electron chi connectivity index (χ0n) is 15.8. The smallest absolute Gasteiger partial charge is 0.254 e. The highest BCUT2D eigenvalue weighted by Crippen LogP contribution is 2.24. The Kier molecular flexibility index (Phi) is 4.89. The van der Waals surface area contributed by atoms with E-state index in [4.69, 9.17) is 4.74 Å². The Labute approximate surface area is 153 Å². The number of ether oxygens (including phenoxy) is 1. The number of aryl methyl sites for hydroxylation is 2. The second-order valence-corrected chi connectivity index (χ2v) is 6.46. The number of amides is 1. The molecule has 0 radical (unpaired) electrons. The summed E-state index contributed by atoms with van der Waals surface area (Å²) in [6, 6.07) is 13.2. The van der Waals surface area contributed by atoms with Gasteiger partial charge in [-0.15, -0.1) is 0 Å². The number of carbonyl (C=O) groups is 1. The zero-order chi connectivity index (χ0) is 18.8. The molecule has 0 saturated heterocycles. The second kappa shape index (κ2) is 7.12. The highest BCUT2D eigenvalue weighted by atomic mass is 16.5. The molecule has 0 spiro atoms. The van der Waals surface area contributed by atoms with Crippen molar-refractivity contribution in [1.82, 2.24) is 14.9 Å². The van der Waals surface area contributed by atoms with Gasteiger partial charge in [-0.05, 0) is 56.7 Å². The molecular weight excluding hydrogens is 326 g/mol. The number of rotatable bonds is 4. The van der Waals surface area contributed by atoms with Gasteiger partial charge in [-0.1, -0.05) is 12.1 Å². The Morgan fingerprint density at radius 3 is 2.23 bits per heavy atom. The summed E-state index contributed by atoms with van der Waals surface area (Å²) in [6.45, 7) is 5.87. The predicted octanol–water partition coefficient (Wildman–Crippen LogP) is 4.09. The van der Waals surface area contributed by atoms with E-state index in [1.54, 1.807) is 12.0 Å². The maximum absolute atomic E-state index is 12.9. The van der Waals surface area contributed by atoms with Gasteiger partial charge in [0, 0.05) is 12.6 Å². The molecule has 5 heteroatoms. The Balaban J connectivity index is 1.87. The Bertz CT molecular complexity index is 951. The third-order valence-corrected chi connectivity index (χ3v) is 4.82. The summed E-state index contributed by atoms with van der Waals surface area (Å²) in [5.74, 6) is 0.754. The fraction of sp³-hybridized carbons (Fsp3) is 0.286. The van der Waals surface area contributed by atoms with Crippen molar-refractivity contribution in [3.8, 4) is 5.75 Å². The second-order valence-electron chi connectivity index (χ2n) is 6.46. The molecule has 3 aromatic rings. The van der Waals surface area contributed by atoms with E-state index in [2.05, 4.69) is 9.97 Å². The molecule has 0 N–H and O–H groups in total. The average Bonchev–Trinajstić information content (AvgIpc) is 2.67. The number of hydrogen-bond acceptors (Lipinski definition) is 4. The van der Waals surface area contributed by atoms with Crippen molar-refractivity contribution in [3.05, 3.63) is 65.0 Å². The molecule has 1 atom stereocenters. The minimum Gasteiger partial charge on any atom is -0.497 e. The Hall–Kier alpha value is -2.95. The fourth-order valence-corrected chi connectivity index (χ4v) is 2.85. The molecule has 1 heterocycles. The van der Waals surface area contributed by atoms with Crippen molar-refractivity contribution in [2.24, 2.45) is 0 Å². The summed E-state index contributed by atoms with van der Waals surface area (Å²) in [5.41, 5.74) is 4.98. The standard InChI is InChI=1S/C21H23N3O2/c1-13-14(2)23-20-12-17(8-11-19(20)22-13)21(25)24(4)15(3)16-6-9-18(26-5)10-7-16/h6-12,15H,1-5H3. The maximum Gasteiger partial charge on any atom is 0.254 e. The summed E-state index contributed by atoms with van der Waals surface area (Å²) >= 11 is 0. The van der Waals surface area contributed by atoms with E-state index >= 15 is 0 Å². The first kappa shape index (κ1) is 17.9. The van der Waals surface area contributed by atoms with E-state index < -0.39 is 0 Å². The topological polar surface area (TPSA) is 55.3 Å². The highest BCUT2D eigenvalue weighted by molar-refractivity contribution is 5.97. The maximum atomic E-state index is 12.9. The summed E-state index contributed by atoms with van der Waals surface area (Å²) in [4.78, 5) is 23.7. The third kappa shape index (κ3) is 3.38. The fourth-order valence-electron chi connectivity index (χ4n) is 2.85. The van der Waals surface area contributed by atoms with Crippen LogP contribution in [-0.4, -0.2) is 34.9 Å². The molecule has 1 aromatic heterocycles. The van der Waals surface area contributed by atoms with Crippen LogP contribution in [0.25, 0.3) is 11.0 Å². The molecule has 1 unspecified atom stereocenters. The first-order valence-electron chi connectivity index (χ1n) is 8.57. The lowest BCUT2D eigenvalue weighted by Crippen LogP contribution is -2.29. The van der Waals surface area contributed by atoms with E-state index in [1.165, 1.54) is 0 Å². The lowest BCUT2D eigenvalue weighted by Gasteiger charge is -2.25. The van der Waals surface area contributed by atoms with Crippen LogP contribution in [0.15, 0.2) is 42.5 Å². The number of aromatic nitrogens is 2. The number of nitrogens with zero attached hydrogens (tertiary/aromatic N) is 3. The van der Waals surface area contributed by atoms with Gasteiger partial charge < -0.3 is 9.64 Å². The first-order chi connectivity index (χ1) is 12.4. The van der Waals surface area contributed by atoms with Gasteiger partial charge in [0.25, 0.3) is 5.91 Å². The molecule has 0 aliphatic rings. The molecule has 134 valence electrons. The number of methoxy groups -OCH3 is 1. The number of fused-ring (bicyclic) bond motifs is 1. The molecule has 2 aromatic carbocycles. The van der Waals surface area contributed by atoms with Crippen molar-refractivity contribution >= 4 is 16.9 Å². The quantitative estimate of drug-likeness (QED) is 0.712. The van der Waals surface area contributed by atoms with Crippen LogP contribution in [0.2, 0.25) is 0 Å². The molecule has 0 aliphatic heterocycles. The predicted molar refractivity (Wildman–Crippen MR) is 103 cm³/mol. The van der Waals surface area contributed by atoms with Gasteiger partial charge in [-0.2, -0.15) is 0 Å². The lowest BCUT2D eigenvalue weighted by molar-refractivity contribution is 0.0743. The molecule has 26 heavy (non-hydrogen) atoms. The van der Waals surface area contributed by atoms with Crippen LogP contribution in [0, 0.1) is 13.8 Å². The largest absolute Gasteiger partial charge is 0.497 e. The Morgan fingerprint density at radius 1 is 1.00 bits per heavy atom. The molecule has 5 nitrogen and oxygen atoms in total. The summed E-state index contributed by atoms with van der Waals surface area (Å²) in [7, 11) is 3.45. The Morgan fingerprint density at radius 2 is 1.62 bits per heavy atom. The van der Waals surface area contributed by atoms with Gasteiger partial charge >= 0.3 is 0 Å². The first-order valence-corrected chi connectivity index (χ1v) is 8.57. The number of hydrogen-bond donors (Lipinski definition) is 0. The van der Waals surface area contributed by atoms with Crippen LogP contribution >= 0.6 is 0 Å². The summed E-state index contributed by atoms with van der Waals surface area (Å²) in [6.07, 6.45) is 0. The molecular formula is C21H23N3O2. The van der Waals surface area contributed by atoms with Crippen molar-refractivity contribution < 1.29 is 9.53 Å². The summed E-state index contributed by atoms with van der Waals surface area (Å²) in [5, 5.41) is 0. The van der Waals surface area contributed by atoms with E-state index in [0.29, 0.717) is 5.56 Å². The third-order valence-electron chi connectivity index (χ3n) is 4.82. The average molecular weight is 349 g/mol. The van der Waals surface area contributed by atoms with E-state index in [-0.39, 0.29) is 11.9 Å². The summed E-state index contributed by atoms with van der Waals surface area (Å²) < 4.78 is 5.19. The minimum absolute atomic E-state index is 0.0461. The van der Waals surface area contributed by atoms with Crippen molar-refractivity contribution in [3.63, 3.8) is 0 Å². The van der Waals surface area contributed by atoms with E-state index in [1.807, 2.05) is 70.3 Å². The minimum atomic E-state index is -0.0602. The van der Waals surface area contributed by atoms with Crippen LogP contribution in [0.5, 0.6) is 5.75 Å². The van der Waals surface area contributed by atoms with Crippen LogP contribution in [-0.2, 0) is 0 Å². The van der Waals surface area contributed by atoms with Crippen LogP contribution < -0.4 is 4.74 Å². The molecule has 0 bridgehead atoms. The van der Waals surface area contributed by atoms with E-state index in [0.717, 1.165) is 33.7 Å². The zero-order valence-corrected chi connectivity index (χ0v) is 15.8. The number of carbonyl (C=O) groups excluding carboxylic acids is 1. The normalized spacial score (nSPS) is 12.0. The van der Waals surface area contributed by atoms with E-state index in [9.17, 15) is 4.79 Å². The van der Waals surface area contributed by atoms with Gasteiger partial charge in [-0.25, -0.2) is 9.97 Å². The van der Waals surface area contributed by atoms with Crippen molar-refractivity contribution in [2.75, 3.05) is 14.2 Å². The van der Waals surface area contributed by atoms with Crippen LogP contribution in [0.3, 0.4) is 0 Å². The molecule has 3 rings (SSSR count). The van der Waals surface area contributed by atoms with Gasteiger partial charge in [0.15, 0.2) is 0 Å². The van der Waals surface area contributed by atoms with Gasteiger partial charge in [0.05, 0.1) is 35.6 Å².